The van der Waals surface area contributed by atoms with Gasteiger partial charge in [-0.05, 0) is 55.3 Å². The lowest BCUT2D eigenvalue weighted by Gasteiger charge is -2.31. The lowest BCUT2D eigenvalue weighted by molar-refractivity contribution is -0.141. The molecule has 2 aromatic heterocycles. The molecule has 1 amide bonds. The SMILES string of the molecule is O=C(c1ccc(-n2ccc(C(F)(F)F)n2)cc1)N1CCCC(c2nc(-c3cccc(F)c3)no2)C1. The van der Waals surface area contributed by atoms with Crippen LogP contribution in [-0.2, 0) is 6.18 Å². The zero-order chi connectivity index (χ0) is 24.6. The normalized spacial score (nSPS) is 16.5. The predicted octanol–water partition coefficient (Wildman–Crippen LogP) is 5.10. The van der Waals surface area contributed by atoms with Crippen LogP contribution in [0.1, 0.15) is 40.7 Å². The Labute approximate surface area is 197 Å². The molecule has 0 bridgehead atoms. The number of hydrogen-bond acceptors (Lipinski definition) is 5. The van der Waals surface area contributed by atoms with E-state index in [4.69, 9.17) is 4.52 Å². The highest BCUT2D eigenvalue weighted by Gasteiger charge is 2.34. The first kappa shape index (κ1) is 22.8. The molecule has 2 aromatic carbocycles. The summed E-state index contributed by atoms with van der Waals surface area (Å²) < 4.78 is 58.4. The van der Waals surface area contributed by atoms with Gasteiger partial charge >= 0.3 is 6.18 Å². The summed E-state index contributed by atoms with van der Waals surface area (Å²) in [4.78, 5) is 19.2. The van der Waals surface area contributed by atoms with E-state index in [0.29, 0.717) is 35.8 Å². The molecule has 3 heterocycles. The van der Waals surface area contributed by atoms with Gasteiger partial charge in [0, 0.05) is 30.4 Å². The minimum absolute atomic E-state index is 0.161. The van der Waals surface area contributed by atoms with E-state index in [1.54, 1.807) is 41.3 Å². The number of amides is 1. The highest BCUT2D eigenvalue weighted by molar-refractivity contribution is 5.94. The van der Waals surface area contributed by atoms with Crippen molar-refractivity contribution in [3.05, 3.63) is 83.8 Å². The number of hydrogen-bond donors (Lipinski definition) is 0. The van der Waals surface area contributed by atoms with Gasteiger partial charge in [0.2, 0.25) is 11.7 Å². The molecule has 1 aliphatic rings. The third-order valence-electron chi connectivity index (χ3n) is 5.84. The molecule has 1 saturated heterocycles. The molecule has 1 fully saturated rings. The van der Waals surface area contributed by atoms with E-state index in [-0.39, 0.29) is 17.6 Å². The Morgan fingerprint density at radius 1 is 1.09 bits per heavy atom. The van der Waals surface area contributed by atoms with Crippen molar-refractivity contribution in [3.8, 4) is 17.1 Å². The van der Waals surface area contributed by atoms with Crippen LogP contribution in [0.2, 0.25) is 0 Å². The van der Waals surface area contributed by atoms with Crippen LogP contribution in [0.25, 0.3) is 17.1 Å². The fraction of sp³-hybridized carbons (Fsp3) is 0.250. The summed E-state index contributed by atoms with van der Waals surface area (Å²) in [6.07, 6.45) is -1.81. The standard InChI is InChI=1S/C24H19F4N5O2/c25-18-5-1-3-16(13-18)21-29-22(35-31-21)17-4-2-11-32(14-17)23(34)15-6-8-19(9-7-15)33-12-10-20(30-33)24(26,27)28/h1,3,5-10,12-13,17H,2,4,11,14H2. The Hall–Kier alpha value is -4.02. The van der Waals surface area contributed by atoms with Crippen molar-refractivity contribution < 1.29 is 26.9 Å². The largest absolute Gasteiger partial charge is 0.435 e. The minimum atomic E-state index is -4.53. The molecule has 1 unspecified atom stereocenters. The van der Waals surface area contributed by atoms with Crippen molar-refractivity contribution in [2.24, 2.45) is 0 Å². The average molecular weight is 485 g/mol. The van der Waals surface area contributed by atoms with Gasteiger partial charge in [-0.3, -0.25) is 4.79 Å². The predicted molar refractivity (Wildman–Crippen MR) is 116 cm³/mol. The lowest BCUT2D eigenvalue weighted by atomic mass is 9.97. The molecular formula is C24H19F4N5O2. The first-order valence-corrected chi connectivity index (χ1v) is 10.9. The molecule has 0 N–H and O–H groups in total. The number of halogens is 4. The van der Waals surface area contributed by atoms with Gasteiger partial charge in [0.1, 0.15) is 5.82 Å². The zero-order valence-corrected chi connectivity index (χ0v) is 18.2. The van der Waals surface area contributed by atoms with Crippen molar-refractivity contribution >= 4 is 5.91 Å². The Kier molecular flexibility index (Phi) is 5.83. The van der Waals surface area contributed by atoms with Crippen LogP contribution in [0.3, 0.4) is 0 Å². The summed E-state index contributed by atoms with van der Waals surface area (Å²) in [5.41, 5.74) is 0.329. The number of carbonyl (C=O) groups excluding carboxylic acids is 1. The van der Waals surface area contributed by atoms with Crippen LogP contribution >= 0.6 is 0 Å². The summed E-state index contributed by atoms with van der Waals surface area (Å²) in [6, 6.07) is 13.0. The molecular weight excluding hydrogens is 466 g/mol. The van der Waals surface area contributed by atoms with Gasteiger partial charge < -0.3 is 9.42 Å². The second-order valence-corrected chi connectivity index (χ2v) is 8.25. The smallest absolute Gasteiger partial charge is 0.339 e. The van der Waals surface area contributed by atoms with Crippen molar-refractivity contribution in [2.75, 3.05) is 13.1 Å². The van der Waals surface area contributed by atoms with Crippen molar-refractivity contribution in [1.82, 2.24) is 24.8 Å². The number of likely N-dealkylation sites (tertiary alicyclic amines) is 1. The maximum Gasteiger partial charge on any atom is 0.435 e. The van der Waals surface area contributed by atoms with Crippen LogP contribution in [0.15, 0.2) is 65.3 Å². The average Bonchev–Trinajstić information content (AvgIpc) is 3.54. The van der Waals surface area contributed by atoms with Gasteiger partial charge in [-0.15, -0.1) is 0 Å². The molecule has 1 atom stereocenters. The molecule has 0 saturated carbocycles. The summed E-state index contributed by atoms with van der Waals surface area (Å²) in [5.74, 6) is -0.0982. The fourth-order valence-electron chi connectivity index (χ4n) is 4.07. The number of carbonyl (C=O) groups is 1. The van der Waals surface area contributed by atoms with E-state index in [9.17, 15) is 22.4 Å². The first-order chi connectivity index (χ1) is 16.8. The minimum Gasteiger partial charge on any atom is -0.339 e. The maximum absolute atomic E-state index is 13.5. The number of rotatable bonds is 4. The molecule has 35 heavy (non-hydrogen) atoms. The van der Waals surface area contributed by atoms with Crippen LogP contribution in [0.5, 0.6) is 0 Å². The highest BCUT2D eigenvalue weighted by Crippen LogP contribution is 2.30. The van der Waals surface area contributed by atoms with Gasteiger partial charge in [-0.1, -0.05) is 17.3 Å². The molecule has 0 radical (unpaired) electrons. The van der Waals surface area contributed by atoms with Crippen molar-refractivity contribution in [1.29, 1.82) is 0 Å². The third kappa shape index (κ3) is 4.79. The van der Waals surface area contributed by atoms with E-state index >= 15 is 0 Å². The van der Waals surface area contributed by atoms with Crippen LogP contribution in [-0.4, -0.2) is 43.8 Å². The van der Waals surface area contributed by atoms with Crippen LogP contribution < -0.4 is 0 Å². The molecule has 0 spiro atoms. The topological polar surface area (TPSA) is 77.1 Å². The zero-order valence-electron chi connectivity index (χ0n) is 18.2. The summed E-state index contributed by atoms with van der Waals surface area (Å²) in [6.45, 7) is 0.926. The van der Waals surface area contributed by atoms with Crippen molar-refractivity contribution in [3.63, 3.8) is 0 Å². The third-order valence-corrected chi connectivity index (χ3v) is 5.84. The van der Waals surface area contributed by atoms with E-state index in [2.05, 4.69) is 15.2 Å². The molecule has 4 aromatic rings. The number of alkyl halides is 3. The first-order valence-electron chi connectivity index (χ1n) is 10.9. The van der Waals surface area contributed by atoms with Gasteiger partial charge in [0.05, 0.1) is 11.6 Å². The Morgan fingerprint density at radius 3 is 2.60 bits per heavy atom. The number of piperidine rings is 1. The van der Waals surface area contributed by atoms with Gasteiger partial charge in [0.25, 0.3) is 5.91 Å². The molecule has 5 rings (SSSR count). The van der Waals surface area contributed by atoms with E-state index in [0.717, 1.165) is 23.6 Å². The van der Waals surface area contributed by atoms with E-state index in [1.165, 1.54) is 18.3 Å². The van der Waals surface area contributed by atoms with E-state index < -0.39 is 17.7 Å². The second kappa shape index (κ2) is 8.97. The Morgan fingerprint density at radius 2 is 1.89 bits per heavy atom. The molecule has 0 aliphatic carbocycles. The number of nitrogens with zero attached hydrogens (tertiary/aromatic N) is 5. The molecule has 1 aliphatic heterocycles. The van der Waals surface area contributed by atoms with Gasteiger partial charge in [-0.25, -0.2) is 9.07 Å². The molecule has 7 nitrogen and oxygen atoms in total. The summed E-state index contributed by atoms with van der Waals surface area (Å²) in [7, 11) is 0. The monoisotopic (exact) mass is 485 g/mol. The Balaban J connectivity index is 1.28. The molecule has 11 heteroatoms. The van der Waals surface area contributed by atoms with Crippen molar-refractivity contribution in [2.45, 2.75) is 24.9 Å². The highest BCUT2D eigenvalue weighted by atomic mass is 19.4. The van der Waals surface area contributed by atoms with E-state index in [1.807, 2.05) is 0 Å². The van der Waals surface area contributed by atoms with Crippen LogP contribution in [0.4, 0.5) is 17.6 Å². The lowest BCUT2D eigenvalue weighted by Crippen LogP contribution is -2.39. The Bertz CT molecular complexity index is 1350. The fourth-order valence-corrected chi connectivity index (χ4v) is 4.07. The number of benzene rings is 2. The second-order valence-electron chi connectivity index (χ2n) is 8.25. The summed E-state index contributed by atoms with van der Waals surface area (Å²) >= 11 is 0. The van der Waals surface area contributed by atoms with Gasteiger partial charge in [0.15, 0.2) is 5.69 Å². The number of aromatic nitrogens is 4. The van der Waals surface area contributed by atoms with Gasteiger partial charge in [-0.2, -0.15) is 23.3 Å². The van der Waals surface area contributed by atoms with Crippen LogP contribution in [0, 0.1) is 5.82 Å². The molecule has 180 valence electrons. The quantitative estimate of drug-likeness (QED) is 0.376. The summed E-state index contributed by atoms with van der Waals surface area (Å²) in [5, 5.41) is 7.49. The maximum atomic E-state index is 13.5.